The van der Waals surface area contributed by atoms with Crippen LogP contribution in [0.25, 0.3) is 0 Å². The van der Waals surface area contributed by atoms with Crippen LogP contribution in [0.4, 0.5) is 17.5 Å². The minimum atomic E-state index is 0.485. The fraction of sp³-hybridized carbons (Fsp3) is 0.211. The predicted octanol–water partition coefficient (Wildman–Crippen LogP) is 3.96. The third kappa shape index (κ3) is 4.61. The number of nitrogens with one attached hydrogen (secondary N) is 1. The Morgan fingerprint density at radius 3 is 2.69 bits per heavy atom. The van der Waals surface area contributed by atoms with Gasteiger partial charge in [-0.3, -0.25) is 4.98 Å². The average Bonchev–Trinajstić information content (AvgIpc) is 2.67. The second-order valence-corrected chi connectivity index (χ2v) is 6.17. The van der Waals surface area contributed by atoms with Crippen molar-refractivity contribution in [2.45, 2.75) is 6.42 Å². The summed E-state index contributed by atoms with van der Waals surface area (Å²) in [5, 5.41) is 3.78. The highest BCUT2D eigenvalue weighted by molar-refractivity contribution is 6.31. The van der Waals surface area contributed by atoms with Gasteiger partial charge < -0.3 is 15.0 Å². The fourth-order valence-corrected chi connectivity index (χ4v) is 2.65. The first-order chi connectivity index (χ1) is 12.7. The molecule has 3 aromatic rings. The van der Waals surface area contributed by atoms with Gasteiger partial charge in [0.2, 0.25) is 5.95 Å². The number of pyridine rings is 1. The lowest BCUT2D eigenvalue weighted by Crippen LogP contribution is -2.21. The molecule has 0 fully saturated rings. The highest BCUT2D eigenvalue weighted by atomic mass is 35.5. The lowest BCUT2D eigenvalue weighted by Gasteiger charge is -2.19. The summed E-state index contributed by atoms with van der Waals surface area (Å²) in [5.74, 6) is 1.99. The van der Waals surface area contributed by atoms with Crippen LogP contribution in [-0.2, 0) is 6.42 Å². The molecule has 2 heterocycles. The highest BCUT2D eigenvalue weighted by Crippen LogP contribution is 2.29. The first-order valence-electron chi connectivity index (χ1n) is 8.19. The van der Waals surface area contributed by atoms with E-state index in [2.05, 4.69) is 25.2 Å². The van der Waals surface area contributed by atoms with Gasteiger partial charge in [0.25, 0.3) is 0 Å². The van der Waals surface area contributed by atoms with Gasteiger partial charge in [0.1, 0.15) is 11.6 Å². The summed E-state index contributed by atoms with van der Waals surface area (Å²) in [6.45, 7) is 0.834. The molecule has 0 amide bonds. The Kier molecular flexibility index (Phi) is 5.86. The first-order valence-corrected chi connectivity index (χ1v) is 8.57. The summed E-state index contributed by atoms with van der Waals surface area (Å²) < 4.78 is 5.35. The molecule has 0 atom stereocenters. The molecule has 0 radical (unpaired) electrons. The standard InChI is InChI=1S/C19H20ClN5O/c1-25(12-8-14-5-9-21-10-6-14)18-7-11-22-19(24-18)23-16-13-15(20)3-4-17(16)26-2/h3-7,9-11,13H,8,12H2,1-2H3,(H,22,23,24). The largest absolute Gasteiger partial charge is 0.495 e. The van der Waals surface area contributed by atoms with Gasteiger partial charge in [0.05, 0.1) is 12.8 Å². The van der Waals surface area contributed by atoms with Crippen molar-refractivity contribution < 1.29 is 4.74 Å². The normalized spacial score (nSPS) is 10.4. The lowest BCUT2D eigenvalue weighted by atomic mass is 10.2. The van der Waals surface area contributed by atoms with Crippen LogP contribution in [-0.4, -0.2) is 35.7 Å². The Labute approximate surface area is 157 Å². The number of rotatable bonds is 7. The minimum absolute atomic E-state index is 0.485. The van der Waals surface area contributed by atoms with E-state index in [-0.39, 0.29) is 0 Å². The van der Waals surface area contributed by atoms with Gasteiger partial charge >= 0.3 is 0 Å². The maximum absolute atomic E-state index is 6.07. The maximum atomic E-state index is 6.07. The van der Waals surface area contributed by atoms with Crippen molar-refractivity contribution in [1.29, 1.82) is 0 Å². The zero-order valence-electron chi connectivity index (χ0n) is 14.7. The molecular formula is C19H20ClN5O. The second-order valence-electron chi connectivity index (χ2n) is 5.74. The summed E-state index contributed by atoms with van der Waals surface area (Å²) in [4.78, 5) is 15.0. The minimum Gasteiger partial charge on any atom is -0.495 e. The number of methoxy groups -OCH3 is 1. The summed E-state index contributed by atoms with van der Waals surface area (Å²) >= 11 is 6.07. The third-order valence-corrected chi connectivity index (χ3v) is 4.16. The van der Waals surface area contributed by atoms with E-state index in [1.165, 1.54) is 5.56 Å². The molecule has 0 bridgehead atoms. The smallest absolute Gasteiger partial charge is 0.229 e. The number of nitrogens with zero attached hydrogens (tertiary/aromatic N) is 4. The number of halogens is 1. The molecule has 7 heteroatoms. The van der Waals surface area contributed by atoms with E-state index >= 15 is 0 Å². The molecular weight excluding hydrogens is 350 g/mol. The Morgan fingerprint density at radius 2 is 1.92 bits per heavy atom. The number of aromatic nitrogens is 3. The van der Waals surface area contributed by atoms with E-state index in [1.807, 2.05) is 25.2 Å². The molecule has 0 unspecified atom stereocenters. The molecule has 0 aliphatic heterocycles. The molecule has 134 valence electrons. The highest BCUT2D eigenvalue weighted by Gasteiger charge is 2.09. The molecule has 0 saturated carbocycles. The molecule has 26 heavy (non-hydrogen) atoms. The van der Waals surface area contributed by atoms with Gasteiger partial charge in [-0.05, 0) is 48.4 Å². The van der Waals surface area contributed by atoms with Crippen molar-refractivity contribution >= 4 is 29.1 Å². The predicted molar refractivity (Wildman–Crippen MR) is 105 cm³/mol. The van der Waals surface area contributed by atoms with Gasteiger partial charge in [-0.1, -0.05) is 11.6 Å². The van der Waals surface area contributed by atoms with Crippen LogP contribution in [0.1, 0.15) is 5.56 Å². The number of benzene rings is 1. The van der Waals surface area contributed by atoms with Crippen LogP contribution in [0.3, 0.4) is 0 Å². The Morgan fingerprint density at radius 1 is 1.12 bits per heavy atom. The molecule has 3 rings (SSSR count). The maximum Gasteiger partial charge on any atom is 0.229 e. The number of hydrogen-bond acceptors (Lipinski definition) is 6. The van der Waals surface area contributed by atoms with Crippen molar-refractivity contribution in [3.8, 4) is 5.75 Å². The Hall–Kier alpha value is -2.86. The third-order valence-electron chi connectivity index (χ3n) is 3.93. The molecule has 0 aliphatic rings. The quantitative estimate of drug-likeness (QED) is 0.680. The fourth-order valence-electron chi connectivity index (χ4n) is 2.48. The van der Waals surface area contributed by atoms with Gasteiger partial charge in [0.15, 0.2) is 0 Å². The van der Waals surface area contributed by atoms with Gasteiger partial charge in [-0.15, -0.1) is 0 Å². The number of likely N-dealkylation sites (N-methyl/N-ethyl adjacent to an activating group) is 1. The van der Waals surface area contributed by atoms with E-state index < -0.39 is 0 Å². The van der Waals surface area contributed by atoms with E-state index in [0.717, 1.165) is 24.5 Å². The Bertz CT molecular complexity index is 860. The van der Waals surface area contributed by atoms with Crippen molar-refractivity contribution in [2.24, 2.45) is 0 Å². The zero-order valence-corrected chi connectivity index (χ0v) is 15.4. The zero-order chi connectivity index (χ0) is 18.4. The summed E-state index contributed by atoms with van der Waals surface area (Å²) in [6, 6.07) is 11.3. The summed E-state index contributed by atoms with van der Waals surface area (Å²) in [7, 11) is 3.62. The summed E-state index contributed by atoms with van der Waals surface area (Å²) in [5.41, 5.74) is 1.96. The number of anilines is 3. The lowest BCUT2D eigenvalue weighted by molar-refractivity contribution is 0.417. The molecule has 6 nitrogen and oxygen atoms in total. The monoisotopic (exact) mass is 369 g/mol. The van der Waals surface area contributed by atoms with E-state index in [1.54, 1.807) is 43.9 Å². The topological polar surface area (TPSA) is 63.2 Å². The van der Waals surface area contributed by atoms with Crippen LogP contribution >= 0.6 is 11.6 Å². The van der Waals surface area contributed by atoms with E-state index in [0.29, 0.717) is 16.7 Å². The molecule has 1 N–H and O–H groups in total. The van der Waals surface area contributed by atoms with Crippen molar-refractivity contribution in [3.63, 3.8) is 0 Å². The van der Waals surface area contributed by atoms with Gasteiger partial charge in [-0.2, -0.15) is 4.98 Å². The number of ether oxygens (including phenoxy) is 1. The molecule has 2 aromatic heterocycles. The van der Waals surface area contributed by atoms with E-state index in [4.69, 9.17) is 16.3 Å². The van der Waals surface area contributed by atoms with E-state index in [9.17, 15) is 0 Å². The second kappa shape index (κ2) is 8.49. The van der Waals surface area contributed by atoms with Crippen LogP contribution in [0.2, 0.25) is 5.02 Å². The number of hydrogen-bond donors (Lipinski definition) is 1. The molecule has 1 aromatic carbocycles. The van der Waals surface area contributed by atoms with Crippen molar-refractivity contribution in [2.75, 3.05) is 30.9 Å². The molecule has 0 saturated heterocycles. The Balaban J connectivity index is 1.71. The van der Waals surface area contributed by atoms with Crippen molar-refractivity contribution in [1.82, 2.24) is 15.0 Å². The van der Waals surface area contributed by atoms with Gasteiger partial charge in [-0.25, -0.2) is 4.98 Å². The van der Waals surface area contributed by atoms with Crippen LogP contribution in [0.15, 0.2) is 55.0 Å². The first kappa shape index (κ1) is 17.9. The molecule has 0 aliphatic carbocycles. The van der Waals surface area contributed by atoms with Crippen molar-refractivity contribution in [3.05, 3.63) is 65.6 Å². The molecule has 0 spiro atoms. The van der Waals surface area contributed by atoms with Gasteiger partial charge in [0, 0.05) is 37.2 Å². The average molecular weight is 370 g/mol. The van der Waals surface area contributed by atoms with Crippen LogP contribution in [0, 0.1) is 0 Å². The SMILES string of the molecule is COc1ccc(Cl)cc1Nc1nccc(N(C)CCc2ccncc2)n1. The van der Waals surface area contributed by atoms with Crippen LogP contribution < -0.4 is 15.0 Å². The summed E-state index contributed by atoms with van der Waals surface area (Å²) in [6.07, 6.45) is 6.25. The van der Waals surface area contributed by atoms with Crippen LogP contribution in [0.5, 0.6) is 5.75 Å².